The Labute approximate surface area is 131 Å². The molecule has 0 radical (unpaired) electrons. The van der Waals surface area contributed by atoms with Crippen molar-refractivity contribution < 1.29 is 0 Å². The van der Waals surface area contributed by atoms with E-state index in [1.54, 1.807) is 0 Å². The Morgan fingerprint density at radius 2 is 2.00 bits per heavy atom. The summed E-state index contributed by atoms with van der Waals surface area (Å²) in [7, 11) is 2.12. The highest BCUT2D eigenvalue weighted by Crippen LogP contribution is 2.51. The molecule has 4 unspecified atom stereocenters. The van der Waals surface area contributed by atoms with E-state index in [1.807, 2.05) is 0 Å². The summed E-state index contributed by atoms with van der Waals surface area (Å²) in [6, 6.07) is 5.16. The van der Waals surface area contributed by atoms with E-state index in [-0.39, 0.29) is 0 Å². The van der Waals surface area contributed by atoms with E-state index < -0.39 is 0 Å². The fraction of sp³-hybridized carbons (Fsp3) is 0.667. The molecular weight excluding hydrogens is 310 g/mol. The number of hydrogen-bond acceptors (Lipinski definition) is 1. The van der Waals surface area contributed by atoms with Crippen LogP contribution in [0.1, 0.15) is 54.8 Å². The van der Waals surface area contributed by atoms with Gasteiger partial charge in [-0.3, -0.25) is 0 Å². The minimum absolute atomic E-state index is 0.520. The monoisotopic (exact) mass is 335 g/mol. The average Bonchev–Trinajstić information content (AvgIpc) is 3.03. The highest BCUT2D eigenvalue weighted by molar-refractivity contribution is 9.10. The molecule has 0 aliphatic heterocycles. The fourth-order valence-electron chi connectivity index (χ4n) is 4.55. The zero-order valence-corrected chi connectivity index (χ0v) is 14.5. The van der Waals surface area contributed by atoms with Crippen molar-refractivity contribution in [2.24, 2.45) is 17.8 Å². The van der Waals surface area contributed by atoms with Crippen molar-refractivity contribution in [2.75, 3.05) is 7.05 Å². The molecule has 2 bridgehead atoms. The van der Waals surface area contributed by atoms with Gasteiger partial charge in [0.15, 0.2) is 0 Å². The molecule has 1 aromatic carbocycles. The number of fused-ring (bicyclic) bond motifs is 2. The Morgan fingerprint density at radius 1 is 1.20 bits per heavy atom. The summed E-state index contributed by atoms with van der Waals surface area (Å²) >= 11 is 3.65. The summed E-state index contributed by atoms with van der Waals surface area (Å²) in [4.78, 5) is 0. The number of rotatable bonds is 4. The van der Waals surface area contributed by atoms with Gasteiger partial charge in [-0.15, -0.1) is 0 Å². The van der Waals surface area contributed by atoms with Crippen LogP contribution in [0.3, 0.4) is 0 Å². The quantitative estimate of drug-likeness (QED) is 0.801. The van der Waals surface area contributed by atoms with Gasteiger partial charge in [0.25, 0.3) is 0 Å². The van der Waals surface area contributed by atoms with Crippen molar-refractivity contribution in [1.82, 2.24) is 5.32 Å². The Bertz CT molecular complexity index is 496. The normalized spacial score (nSPS) is 29.9. The molecule has 2 fully saturated rings. The van der Waals surface area contributed by atoms with Crippen LogP contribution in [-0.2, 0) is 0 Å². The van der Waals surface area contributed by atoms with Gasteiger partial charge in [-0.05, 0) is 87.1 Å². The second-order valence-electron chi connectivity index (χ2n) is 6.97. The van der Waals surface area contributed by atoms with Gasteiger partial charge in [0.1, 0.15) is 0 Å². The second kappa shape index (κ2) is 5.81. The van der Waals surface area contributed by atoms with Crippen LogP contribution in [0, 0.1) is 31.6 Å². The number of benzene rings is 1. The molecule has 2 aliphatic rings. The van der Waals surface area contributed by atoms with Crippen LogP contribution in [0.5, 0.6) is 0 Å². The van der Waals surface area contributed by atoms with Crippen LogP contribution < -0.4 is 5.32 Å². The molecule has 110 valence electrons. The molecule has 3 rings (SSSR count). The lowest BCUT2D eigenvalue weighted by Gasteiger charge is -2.28. The van der Waals surface area contributed by atoms with Crippen molar-refractivity contribution in [3.05, 3.63) is 33.3 Å². The highest BCUT2D eigenvalue weighted by Gasteiger charge is 2.40. The smallest absolute Gasteiger partial charge is 0.0323 e. The third kappa shape index (κ3) is 2.69. The highest BCUT2D eigenvalue weighted by atomic mass is 79.9. The predicted molar refractivity (Wildman–Crippen MR) is 89.0 cm³/mol. The first-order chi connectivity index (χ1) is 9.58. The molecule has 1 aromatic rings. The summed E-state index contributed by atoms with van der Waals surface area (Å²) in [6.45, 7) is 4.43. The molecule has 0 spiro atoms. The first kappa shape index (κ1) is 14.6. The Kier molecular flexibility index (Phi) is 4.24. The summed E-state index contributed by atoms with van der Waals surface area (Å²) in [5.41, 5.74) is 4.25. The molecule has 0 aromatic heterocycles. The third-order valence-electron chi connectivity index (χ3n) is 5.69. The van der Waals surface area contributed by atoms with Gasteiger partial charge in [0.05, 0.1) is 0 Å². The van der Waals surface area contributed by atoms with Gasteiger partial charge in [0, 0.05) is 10.5 Å². The summed E-state index contributed by atoms with van der Waals surface area (Å²) in [6.07, 6.45) is 7.31. The molecule has 0 amide bonds. The van der Waals surface area contributed by atoms with Crippen molar-refractivity contribution in [1.29, 1.82) is 0 Å². The van der Waals surface area contributed by atoms with Crippen LogP contribution >= 0.6 is 15.9 Å². The molecule has 1 N–H and O–H groups in total. The SMILES string of the molecule is CNC(CC1CC2CCC1C2)c1cc(C)c(Br)cc1C. The summed E-state index contributed by atoms with van der Waals surface area (Å²) in [5, 5.41) is 3.58. The number of nitrogens with one attached hydrogen (secondary N) is 1. The Balaban J connectivity index is 1.78. The van der Waals surface area contributed by atoms with E-state index in [0.29, 0.717) is 6.04 Å². The largest absolute Gasteiger partial charge is 0.313 e. The topological polar surface area (TPSA) is 12.0 Å². The van der Waals surface area contributed by atoms with E-state index in [2.05, 4.69) is 54.3 Å². The zero-order valence-electron chi connectivity index (χ0n) is 12.9. The van der Waals surface area contributed by atoms with Crippen molar-refractivity contribution in [3.8, 4) is 0 Å². The lowest BCUT2D eigenvalue weighted by Crippen LogP contribution is -2.23. The third-order valence-corrected chi connectivity index (χ3v) is 6.55. The van der Waals surface area contributed by atoms with Crippen molar-refractivity contribution in [3.63, 3.8) is 0 Å². The maximum absolute atomic E-state index is 3.65. The molecule has 20 heavy (non-hydrogen) atoms. The molecule has 2 saturated carbocycles. The number of halogens is 1. The van der Waals surface area contributed by atoms with Gasteiger partial charge in [-0.1, -0.05) is 28.4 Å². The number of aryl methyl sites for hydroxylation is 2. The molecule has 0 heterocycles. The fourth-order valence-corrected chi connectivity index (χ4v) is 5.00. The van der Waals surface area contributed by atoms with E-state index in [9.17, 15) is 0 Å². The first-order valence-corrected chi connectivity index (χ1v) is 8.81. The van der Waals surface area contributed by atoms with E-state index in [0.717, 1.165) is 17.8 Å². The van der Waals surface area contributed by atoms with E-state index >= 15 is 0 Å². The maximum atomic E-state index is 3.65. The van der Waals surface area contributed by atoms with Crippen molar-refractivity contribution >= 4 is 15.9 Å². The van der Waals surface area contributed by atoms with Crippen LogP contribution in [0.15, 0.2) is 16.6 Å². The molecule has 2 aliphatic carbocycles. The lowest BCUT2D eigenvalue weighted by molar-refractivity contribution is 0.284. The van der Waals surface area contributed by atoms with Crippen LogP contribution in [0.25, 0.3) is 0 Å². The zero-order chi connectivity index (χ0) is 14.3. The standard InChI is InChI=1S/C18H26BrN/c1-11-7-17(19)12(2)6-16(11)18(20-3)10-15-9-13-4-5-14(15)8-13/h6-7,13-15,18,20H,4-5,8-10H2,1-3H3. The van der Waals surface area contributed by atoms with Crippen LogP contribution in [-0.4, -0.2) is 7.05 Å². The lowest BCUT2D eigenvalue weighted by atomic mass is 9.82. The van der Waals surface area contributed by atoms with E-state index in [1.165, 1.54) is 53.3 Å². The van der Waals surface area contributed by atoms with Gasteiger partial charge < -0.3 is 5.32 Å². The average molecular weight is 336 g/mol. The van der Waals surface area contributed by atoms with Gasteiger partial charge in [0.2, 0.25) is 0 Å². The van der Waals surface area contributed by atoms with Gasteiger partial charge in [-0.25, -0.2) is 0 Å². The second-order valence-corrected chi connectivity index (χ2v) is 7.82. The minimum atomic E-state index is 0.520. The Morgan fingerprint density at radius 3 is 2.60 bits per heavy atom. The van der Waals surface area contributed by atoms with Crippen molar-refractivity contribution in [2.45, 2.75) is 52.0 Å². The van der Waals surface area contributed by atoms with Gasteiger partial charge in [-0.2, -0.15) is 0 Å². The molecule has 0 saturated heterocycles. The van der Waals surface area contributed by atoms with Crippen LogP contribution in [0.2, 0.25) is 0 Å². The van der Waals surface area contributed by atoms with Gasteiger partial charge >= 0.3 is 0 Å². The van der Waals surface area contributed by atoms with E-state index in [4.69, 9.17) is 0 Å². The van der Waals surface area contributed by atoms with Crippen LogP contribution in [0.4, 0.5) is 0 Å². The molecular formula is C18H26BrN. The molecule has 2 heteroatoms. The predicted octanol–water partition coefficient (Wildman–Crippen LogP) is 5.15. The molecule has 1 nitrogen and oxygen atoms in total. The summed E-state index contributed by atoms with van der Waals surface area (Å²) in [5.74, 6) is 3.03. The Hall–Kier alpha value is -0.340. The first-order valence-electron chi connectivity index (χ1n) is 8.02. The number of hydrogen-bond donors (Lipinski definition) is 1. The minimum Gasteiger partial charge on any atom is -0.313 e. The summed E-state index contributed by atoms with van der Waals surface area (Å²) < 4.78 is 1.23. The maximum Gasteiger partial charge on any atom is 0.0323 e. The molecule has 4 atom stereocenters.